The van der Waals surface area contributed by atoms with Crippen molar-refractivity contribution in [2.24, 2.45) is 11.7 Å². The van der Waals surface area contributed by atoms with Crippen molar-refractivity contribution in [3.05, 3.63) is 35.4 Å². The van der Waals surface area contributed by atoms with E-state index in [4.69, 9.17) is 10.5 Å². The molecular weight excluding hydrogens is 236 g/mol. The van der Waals surface area contributed by atoms with Gasteiger partial charge in [-0.3, -0.25) is 0 Å². The Balaban J connectivity index is 1.89. The first kappa shape index (κ1) is 13.4. The fraction of sp³-hybridized carbons (Fsp3) is 0.571. The van der Waals surface area contributed by atoms with E-state index >= 15 is 0 Å². The Morgan fingerprint density at radius 1 is 1.39 bits per heavy atom. The van der Waals surface area contributed by atoms with Crippen LogP contribution in [0.3, 0.4) is 0 Å². The van der Waals surface area contributed by atoms with Gasteiger partial charge in [0.2, 0.25) is 0 Å². The van der Waals surface area contributed by atoms with Crippen molar-refractivity contribution < 1.29 is 13.5 Å². The van der Waals surface area contributed by atoms with E-state index in [9.17, 15) is 8.78 Å². The predicted octanol–water partition coefficient (Wildman–Crippen LogP) is 3.17. The molecule has 1 saturated carbocycles. The molecule has 1 aliphatic rings. The minimum atomic E-state index is -0.442. The van der Waals surface area contributed by atoms with E-state index in [1.165, 1.54) is 6.07 Å². The molecule has 0 bridgehead atoms. The van der Waals surface area contributed by atoms with Crippen molar-refractivity contribution in [3.63, 3.8) is 0 Å². The summed E-state index contributed by atoms with van der Waals surface area (Å²) in [4.78, 5) is 0. The molecule has 2 N–H and O–H groups in total. The molecule has 0 aliphatic heterocycles. The highest BCUT2D eigenvalue weighted by molar-refractivity contribution is 5.22. The van der Waals surface area contributed by atoms with Crippen molar-refractivity contribution in [1.82, 2.24) is 0 Å². The lowest BCUT2D eigenvalue weighted by molar-refractivity contribution is -0.0282. The van der Waals surface area contributed by atoms with Crippen LogP contribution in [0.25, 0.3) is 0 Å². The van der Waals surface area contributed by atoms with E-state index in [1.807, 2.05) is 6.92 Å². The van der Waals surface area contributed by atoms with E-state index in [-0.39, 0.29) is 5.56 Å². The van der Waals surface area contributed by atoms with E-state index in [0.29, 0.717) is 18.4 Å². The fourth-order valence-corrected chi connectivity index (χ4v) is 2.52. The molecule has 1 atom stereocenters. The molecule has 1 unspecified atom stereocenters. The van der Waals surface area contributed by atoms with Gasteiger partial charge in [-0.1, -0.05) is 0 Å². The normalized spacial score (nSPS) is 24.7. The summed E-state index contributed by atoms with van der Waals surface area (Å²) in [5.74, 6) is -0.411. The summed E-state index contributed by atoms with van der Waals surface area (Å²) in [7, 11) is 0. The molecule has 0 saturated heterocycles. The van der Waals surface area contributed by atoms with Crippen LogP contribution in [0.4, 0.5) is 8.78 Å². The van der Waals surface area contributed by atoms with Crippen LogP contribution in [0.1, 0.15) is 37.8 Å². The number of hydrogen-bond acceptors (Lipinski definition) is 2. The molecule has 1 aromatic rings. The van der Waals surface area contributed by atoms with Crippen LogP contribution in [0.2, 0.25) is 0 Å². The van der Waals surface area contributed by atoms with Gasteiger partial charge < -0.3 is 10.5 Å². The second-order valence-electron chi connectivity index (χ2n) is 4.92. The maximum atomic E-state index is 13.5. The average molecular weight is 255 g/mol. The highest BCUT2D eigenvalue weighted by Gasteiger charge is 2.31. The number of ether oxygens (including phenoxy) is 1. The first-order chi connectivity index (χ1) is 8.60. The lowest BCUT2D eigenvalue weighted by Gasteiger charge is -2.36. The molecular formula is C14H19F2NO. The van der Waals surface area contributed by atoms with Crippen molar-refractivity contribution in [2.45, 2.75) is 38.3 Å². The van der Waals surface area contributed by atoms with E-state index in [0.717, 1.165) is 31.6 Å². The highest BCUT2D eigenvalue weighted by Crippen LogP contribution is 2.36. The standard InChI is InChI=1S/C14H19F2NO/c1-2-18-11-5-9(6-11)7-14(17)12-8-10(15)3-4-13(12)16/h3-4,8-9,11,14H,2,5-7,17H2,1H3. The summed E-state index contributed by atoms with van der Waals surface area (Å²) in [5, 5.41) is 0. The summed E-state index contributed by atoms with van der Waals surface area (Å²) in [5.41, 5.74) is 6.22. The minimum Gasteiger partial charge on any atom is -0.378 e. The van der Waals surface area contributed by atoms with E-state index < -0.39 is 17.7 Å². The van der Waals surface area contributed by atoms with Crippen LogP contribution in [0.5, 0.6) is 0 Å². The van der Waals surface area contributed by atoms with Gasteiger partial charge in [0, 0.05) is 18.2 Å². The van der Waals surface area contributed by atoms with Crippen LogP contribution < -0.4 is 5.73 Å². The third-order valence-corrected chi connectivity index (χ3v) is 3.54. The summed E-state index contributed by atoms with van der Waals surface area (Å²) in [6, 6.07) is 3.00. The average Bonchev–Trinajstić information content (AvgIpc) is 2.29. The Morgan fingerprint density at radius 2 is 2.11 bits per heavy atom. The summed E-state index contributed by atoms with van der Waals surface area (Å²) in [6.07, 6.45) is 2.95. The minimum absolute atomic E-state index is 0.273. The Hall–Kier alpha value is -1.00. The monoisotopic (exact) mass is 255 g/mol. The molecule has 1 aromatic carbocycles. The Bertz CT molecular complexity index is 405. The maximum absolute atomic E-state index is 13.5. The third kappa shape index (κ3) is 3.06. The molecule has 0 heterocycles. The number of benzene rings is 1. The summed E-state index contributed by atoms with van der Waals surface area (Å²) < 4.78 is 32.0. The first-order valence-corrected chi connectivity index (χ1v) is 6.42. The zero-order chi connectivity index (χ0) is 13.1. The molecule has 2 rings (SSSR count). The molecule has 2 nitrogen and oxygen atoms in total. The topological polar surface area (TPSA) is 35.2 Å². The van der Waals surface area contributed by atoms with Crippen LogP contribution in [0.15, 0.2) is 18.2 Å². The van der Waals surface area contributed by atoms with Gasteiger partial charge in [-0.25, -0.2) is 8.78 Å². The molecule has 1 aliphatic carbocycles. The zero-order valence-corrected chi connectivity index (χ0v) is 10.5. The quantitative estimate of drug-likeness (QED) is 0.877. The summed E-state index contributed by atoms with van der Waals surface area (Å²) in [6.45, 7) is 2.70. The molecule has 0 aromatic heterocycles. The number of hydrogen-bond donors (Lipinski definition) is 1. The Labute approximate surface area is 106 Å². The number of halogens is 2. The summed E-state index contributed by atoms with van der Waals surface area (Å²) >= 11 is 0. The van der Waals surface area contributed by atoms with Gasteiger partial charge >= 0.3 is 0 Å². The van der Waals surface area contributed by atoms with Gasteiger partial charge in [0.25, 0.3) is 0 Å². The first-order valence-electron chi connectivity index (χ1n) is 6.42. The van der Waals surface area contributed by atoms with Crippen molar-refractivity contribution >= 4 is 0 Å². The Kier molecular flexibility index (Phi) is 4.30. The van der Waals surface area contributed by atoms with Crippen LogP contribution in [-0.2, 0) is 4.74 Å². The molecule has 1 fully saturated rings. The van der Waals surface area contributed by atoms with Gasteiger partial charge in [0.1, 0.15) is 11.6 Å². The second-order valence-corrected chi connectivity index (χ2v) is 4.92. The third-order valence-electron chi connectivity index (χ3n) is 3.54. The van der Waals surface area contributed by atoms with Gasteiger partial charge in [-0.05, 0) is 50.3 Å². The van der Waals surface area contributed by atoms with Crippen molar-refractivity contribution in [3.8, 4) is 0 Å². The maximum Gasteiger partial charge on any atom is 0.128 e. The van der Waals surface area contributed by atoms with Crippen LogP contribution in [0, 0.1) is 17.6 Å². The second kappa shape index (κ2) is 5.76. The highest BCUT2D eigenvalue weighted by atomic mass is 19.1. The molecule has 4 heteroatoms. The SMILES string of the molecule is CCOC1CC(CC(N)c2cc(F)ccc2F)C1. The molecule has 0 spiro atoms. The van der Waals surface area contributed by atoms with Gasteiger partial charge in [-0.15, -0.1) is 0 Å². The smallest absolute Gasteiger partial charge is 0.128 e. The fourth-order valence-electron chi connectivity index (χ4n) is 2.52. The van der Waals surface area contributed by atoms with E-state index in [2.05, 4.69) is 0 Å². The lowest BCUT2D eigenvalue weighted by Crippen LogP contribution is -2.33. The largest absolute Gasteiger partial charge is 0.378 e. The molecule has 0 amide bonds. The van der Waals surface area contributed by atoms with Gasteiger partial charge in [0.05, 0.1) is 6.10 Å². The molecule has 18 heavy (non-hydrogen) atoms. The Morgan fingerprint density at radius 3 is 2.78 bits per heavy atom. The number of nitrogens with two attached hydrogens (primary N) is 1. The van der Waals surface area contributed by atoms with Crippen molar-refractivity contribution in [1.29, 1.82) is 0 Å². The molecule has 100 valence electrons. The number of rotatable bonds is 5. The van der Waals surface area contributed by atoms with E-state index in [1.54, 1.807) is 0 Å². The zero-order valence-electron chi connectivity index (χ0n) is 10.5. The molecule has 0 radical (unpaired) electrons. The predicted molar refractivity (Wildman–Crippen MR) is 66.0 cm³/mol. The van der Waals surface area contributed by atoms with Crippen LogP contribution in [-0.4, -0.2) is 12.7 Å². The lowest BCUT2D eigenvalue weighted by atomic mass is 9.77. The van der Waals surface area contributed by atoms with Gasteiger partial charge in [0.15, 0.2) is 0 Å². The van der Waals surface area contributed by atoms with Gasteiger partial charge in [-0.2, -0.15) is 0 Å². The van der Waals surface area contributed by atoms with Crippen molar-refractivity contribution in [2.75, 3.05) is 6.61 Å². The van der Waals surface area contributed by atoms with Crippen LogP contribution >= 0.6 is 0 Å².